The van der Waals surface area contributed by atoms with Crippen LogP contribution in [0.25, 0.3) is 0 Å². The maximum atomic E-state index is 12.3. The van der Waals surface area contributed by atoms with Crippen LogP contribution < -0.4 is 4.90 Å². The summed E-state index contributed by atoms with van der Waals surface area (Å²) in [6.07, 6.45) is 0. The molecule has 2 rings (SSSR count). The van der Waals surface area contributed by atoms with Gasteiger partial charge in [-0.15, -0.1) is 0 Å². The van der Waals surface area contributed by atoms with Gasteiger partial charge in [0.25, 0.3) is 5.91 Å². The van der Waals surface area contributed by atoms with Gasteiger partial charge < -0.3 is 9.84 Å². The summed E-state index contributed by atoms with van der Waals surface area (Å²) >= 11 is 8.96. The fourth-order valence-electron chi connectivity index (χ4n) is 2.15. The number of benzene rings is 1. The third-order valence-corrected chi connectivity index (χ3v) is 4.65. The highest BCUT2D eigenvalue weighted by molar-refractivity contribution is 9.11. The van der Waals surface area contributed by atoms with E-state index in [4.69, 9.17) is 16.3 Å². The van der Waals surface area contributed by atoms with Crippen molar-refractivity contribution in [2.24, 2.45) is 0 Å². The molecule has 0 saturated heterocycles. The maximum absolute atomic E-state index is 12.3. The van der Waals surface area contributed by atoms with Gasteiger partial charge in [0.2, 0.25) is 0 Å². The van der Waals surface area contributed by atoms with E-state index in [0.717, 1.165) is 0 Å². The van der Waals surface area contributed by atoms with E-state index < -0.39 is 23.2 Å². The molecule has 0 bridgehead atoms. The van der Waals surface area contributed by atoms with E-state index in [2.05, 4.69) is 15.9 Å². The number of aliphatic hydroxyl groups excluding tert-OH is 1. The maximum Gasteiger partial charge on any atom is 0.337 e. The molecule has 0 unspecified atom stereocenters. The molecule has 0 spiro atoms. The first kappa shape index (κ1) is 15.9. The van der Waals surface area contributed by atoms with Crippen molar-refractivity contribution >= 4 is 45.1 Å². The van der Waals surface area contributed by atoms with Crippen molar-refractivity contribution in [2.45, 2.75) is 19.4 Å². The number of nitrogens with zero attached hydrogens (tertiary/aromatic N) is 1. The number of hydrogen-bond acceptors (Lipinski definition) is 4. The summed E-state index contributed by atoms with van der Waals surface area (Å²) in [7, 11) is 0. The van der Waals surface area contributed by atoms with Crippen LogP contribution >= 0.6 is 27.5 Å². The normalized spacial score (nSPS) is 21.9. The highest BCUT2D eigenvalue weighted by Crippen LogP contribution is 2.42. The molecule has 1 heterocycles. The molecule has 1 aliphatic rings. The van der Waals surface area contributed by atoms with Gasteiger partial charge in [-0.2, -0.15) is 0 Å². The highest BCUT2D eigenvalue weighted by atomic mass is 79.9. The van der Waals surface area contributed by atoms with Gasteiger partial charge in [0.05, 0.1) is 11.1 Å². The lowest BCUT2D eigenvalue weighted by Crippen LogP contribution is -2.52. The average molecular weight is 375 g/mol. The summed E-state index contributed by atoms with van der Waals surface area (Å²) < 4.78 is 5.11. The van der Waals surface area contributed by atoms with Crippen LogP contribution in [0.2, 0.25) is 5.02 Å². The van der Waals surface area contributed by atoms with Gasteiger partial charge in [-0.05, 0) is 54.0 Å². The van der Waals surface area contributed by atoms with E-state index in [0.29, 0.717) is 10.7 Å². The molecule has 0 aromatic heterocycles. The smallest absolute Gasteiger partial charge is 0.337 e. The number of rotatable bonds is 3. The Labute approximate surface area is 135 Å². The number of amides is 1. The Hall–Kier alpha value is -1.53. The Kier molecular flexibility index (Phi) is 4.30. The molecule has 1 aliphatic heterocycles. The summed E-state index contributed by atoms with van der Waals surface area (Å²) in [6.45, 7) is 3.34. The van der Waals surface area contributed by atoms with Crippen LogP contribution in [0.3, 0.4) is 0 Å². The molecule has 0 radical (unpaired) electrons. The SMILES string of the molecule is CCOC(=O)[C@]1(C)C(Br)=C(O)C(=O)N1c1ccc(Cl)cc1. The van der Waals surface area contributed by atoms with Gasteiger partial charge in [0.1, 0.15) is 0 Å². The fraction of sp³-hybridized carbons (Fsp3) is 0.286. The third-order valence-electron chi connectivity index (χ3n) is 3.25. The van der Waals surface area contributed by atoms with E-state index in [1.807, 2.05) is 0 Å². The zero-order chi connectivity index (χ0) is 15.8. The largest absolute Gasteiger partial charge is 0.502 e. The van der Waals surface area contributed by atoms with E-state index >= 15 is 0 Å². The average Bonchev–Trinajstić information content (AvgIpc) is 2.63. The van der Waals surface area contributed by atoms with Crippen LogP contribution in [0.1, 0.15) is 13.8 Å². The van der Waals surface area contributed by atoms with Crippen molar-refractivity contribution in [3.05, 3.63) is 39.5 Å². The van der Waals surface area contributed by atoms with Crippen LogP contribution in [-0.4, -0.2) is 29.1 Å². The zero-order valence-electron chi connectivity index (χ0n) is 11.4. The molecule has 1 aromatic carbocycles. The summed E-state index contributed by atoms with van der Waals surface area (Å²) in [4.78, 5) is 25.8. The zero-order valence-corrected chi connectivity index (χ0v) is 13.7. The lowest BCUT2D eigenvalue weighted by Gasteiger charge is -2.33. The van der Waals surface area contributed by atoms with Crippen molar-refractivity contribution < 1.29 is 19.4 Å². The van der Waals surface area contributed by atoms with Crippen molar-refractivity contribution in [1.29, 1.82) is 0 Å². The van der Waals surface area contributed by atoms with Crippen molar-refractivity contribution in [2.75, 3.05) is 11.5 Å². The Morgan fingerprint density at radius 1 is 1.43 bits per heavy atom. The Morgan fingerprint density at radius 3 is 2.52 bits per heavy atom. The molecule has 1 aromatic rings. The number of aliphatic hydroxyl groups is 1. The molecule has 112 valence electrons. The van der Waals surface area contributed by atoms with Crippen LogP contribution in [0, 0.1) is 0 Å². The number of hydrogen-bond donors (Lipinski definition) is 1. The molecular weight excluding hydrogens is 362 g/mol. The Balaban J connectivity index is 2.55. The Bertz CT molecular complexity index is 628. The van der Waals surface area contributed by atoms with E-state index in [1.165, 1.54) is 11.8 Å². The number of esters is 1. The quantitative estimate of drug-likeness (QED) is 0.825. The molecule has 1 amide bonds. The number of ether oxygens (including phenoxy) is 1. The topological polar surface area (TPSA) is 66.8 Å². The fourth-order valence-corrected chi connectivity index (χ4v) is 2.78. The molecule has 0 aliphatic carbocycles. The predicted molar refractivity (Wildman–Crippen MR) is 82.6 cm³/mol. The highest BCUT2D eigenvalue weighted by Gasteiger charge is 2.55. The summed E-state index contributed by atoms with van der Waals surface area (Å²) in [5.74, 6) is -1.83. The minimum Gasteiger partial charge on any atom is -0.502 e. The van der Waals surface area contributed by atoms with E-state index in [1.54, 1.807) is 31.2 Å². The summed E-state index contributed by atoms with van der Waals surface area (Å²) in [6, 6.07) is 6.38. The standard InChI is InChI=1S/C14H13BrClNO4/c1-3-21-13(20)14(2)11(15)10(18)12(19)17(14)9-6-4-8(16)5-7-9/h4-7,18H,3H2,1-2H3/t14-/m0/s1. The second kappa shape index (κ2) is 5.69. The molecule has 1 atom stereocenters. The van der Waals surface area contributed by atoms with Gasteiger partial charge in [-0.1, -0.05) is 11.6 Å². The molecule has 0 saturated carbocycles. The van der Waals surface area contributed by atoms with Crippen LogP contribution in [0.15, 0.2) is 34.5 Å². The number of carbonyl (C=O) groups is 2. The van der Waals surface area contributed by atoms with Gasteiger partial charge in [0, 0.05) is 10.7 Å². The first-order chi connectivity index (χ1) is 9.83. The van der Waals surface area contributed by atoms with Crippen LogP contribution in [0.5, 0.6) is 0 Å². The first-order valence-corrected chi connectivity index (χ1v) is 7.37. The molecule has 21 heavy (non-hydrogen) atoms. The molecular formula is C14H13BrClNO4. The van der Waals surface area contributed by atoms with Crippen molar-refractivity contribution in [1.82, 2.24) is 0 Å². The first-order valence-electron chi connectivity index (χ1n) is 6.20. The molecule has 7 heteroatoms. The summed E-state index contributed by atoms with van der Waals surface area (Å²) in [5.41, 5.74) is -1.02. The second-order valence-corrected chi connectivity index (χ2v) is 5.80. The predicted octanol–water partition coefficient (Wildman–Crippen LogP) is 3.17. The molecule has 5 nitrogen and oxygen atoms in total. The van der Waals surface area contributed by atoms with Crippen molar-refractivity contribution in [3.63, 3.8) is 0 Å². The number of anilines is 1. The van der Waals surface area contributed by atoms with Crippen molar-refractivity contribution in [3.8, 4) is 0 Å². The van der Waals surface area contributed by atoms with E-state index in [-0.39, 0.29) is 11.1 Å². The number of carbonyl (C=O) groups excluding carboxylic acids is 2. The van der Waals surface area contributed by atoms with E-state index in [9.17, 15) is 14.7 Å². The minimum absolute atomic E-state index is 0.0772. The van der Waals surface area contributed by atoms with Gasteiger partial charge >= 0.3 is 5.97 Å². The number of halogens is 2. The third kappa shape index (κ3) is 2.42. The van der Waals surface area contributed by atoms with Gasteiger partial charge in [-0.3, -0.25) is 9.69 Å². The second-order valence-electron chi connectivity index (χ2n) is 4.57. The van der Waals surface area contributed by atoms with Gasteiger partial charge in [0.15, 0.2) is 11.3 Å². The monoisotopic (exact) mass is 373 g/mol. The lowest BCUT2D eigenvalue weighted by molar-refractivity contribution is -0.147. The van der Waals surface area contributed by atoms with Gasteiger partial charge in [-0.25, -0.2) is 4.79 Å². The summed E-state index contributed by atoms with van der Waals surface area (Å²) in [5, 5.41) is 10.4. The minimum atomic E-state index is -1.45. The molecule has 0 fully saturated rings. The lowest BCUT2D eigenvalue weighted by atomic mass is 10.0. The molecule has 1 N–H and O–H groups in total. The van der Waals surface area contributed by atoms with Crippen LogP contribution in [0.4, 0.5) is 5.69 Å². The Morgan fingerprint density at radius 2 is 2.00 bits per heavy atom. The van der Waals surface area contributed by atoms with Crippen LogP contribution in [-0.2, 0) is 14.3 Å².